The van der Waals surface area contributed by atoms with Crippen LogP contribution in [0.3, 0.4) is 0 Å². The van der Waals surface area contributed by atoms with Gasteiger partial charge in [-0.15, -0.1) is 0 Å². The van der Waals surface area contributed by atoms with Crippen LogP contribution in [0.2, 0.25) is 0 Å². The maximum absolute atomic E-state index is 12.6. The first kappa shape index (κ1) is 13.1. The molecule has 1 aliphatic heterocycles. The summed E-state index contributed by atoms with van der Waals surface area (Å²) in [7, 11) is 0. The van der Waals surface area contributed by atoms with Crippen molar-refractivity contribution in [1.29, 1.82) is 0 Å². The Hall–Kier alpha value is -1.62. The van der Waals surface area contributed by atoms with Crippen molar-refractivity contribution < 1.29 is 4.79 Å². The van der Waals surface area contributed by atoms with Gasteiger partial charge in [0.25, 0.3) is 0 Å². The molecule has 0 saturated carbocycles. The van der Waals surface area contributed by atoms with Crippen LogP contribution in [-0.2, 0) is 17.6 Å². The van der Waals surface area contributed by atoms with Crippen LogP contribution in [0.25, 0.3) is 11.3 Å². The van der Waals surface area contributed by atoms with Crippen LogP contribution in [0.15, 0.2) is 16.8 Å². The molecule has 1 unspecified atom stereocenters. The van der Waals surface area contributed by atoms with E-state index in [4.69, 9.17) is 0 Å². The van der Waals surface area contributed by atoms with Crippen LogP contribution in [0.1, 0.15) is 30.5 Å². The SMILES string of the molecule is O=C(C1CCc2[nH]nc(-c3ccsc3)c2C1)N1CCCC1. The summed E-state index contributed by atoms with van der Waals surface area (Å²) in [5, 5.41) is 11.9. The predicted octanol–water partition coefficient (Wildman–Crippen LogP) is 2.87. The van der Waals surface area contributed by atoms with Crippen molar-refractivity contribution in [3.63, 3.8) is 0 Å². The number of fused-ring (bicyclic) bond motifs is 1. The summed E-state index contributed by atoms with van der Waals surface area (Å²) in [4.78, 5) is 14.7. The third kappa shape index (κ3) is 2.29. The Labute approximate surface area is 128 Å². The molecule has 1 aliphatic carbocycles. The minimum absolute atomic E-state index is 0.144. The number of H-pyrrole nitrogens is 1. The van der Waals surface area contributed by atoms with Gasteiger partial charge in [0, 0.05) is 41.2 Å². The fourth-order valence-electron chi connectivity index (χ4n) is 3.54. The van der Waals surface area contributed by atoms with E-state index in [9.17, 15) is 4.79 Å². The highest BCUT2D eigenvalue weighted by atomic mass is 32.1. The first-order valence-corrected chi connectivity index (χ1v) is 8.64. The fraction of sp³-hybridized carbons (Fsp3) is 0.500. The van der Waals surface area contributed by atoms with Crippen LogP contribution in [0.5, 0.6) is 0 Å². The van der Waals surface area contributed by atoms with Gasteiger partial charge in [-0.2, -0.15) is 16.4 Å². The molecule has 110 valence electrons. The summed E-state index contributed by atoms with van der Waals surface area (Å²) in [6.07, 6.45) is 5.06. The molecule has 4 nitrogen and oxygen atoms in total. The standard InChI is InChI=1S/C16H19N3OS/c20-16(19-6-1-2-7-19)11-3-4-14-13(9-11)15(18-17-14)12-5-8-21-10-12/h5,8,10-11H,1-4,6-7,9H2,(H,17,18). The molecule has 3 heterocycles. The summed E-state index contributed by atoms with van der Waals surface area (Å²) in [6, 6.07) is 2.10. The average Bonchev–Trinajstić information content (AvgIpc) is 3.25. The van der Waals surface area contributed by atoms with E-state index in [1.165, 1.54) is 16.8 Å². The van der Waals surface area contributed by atoms with E-state index in [0.717, 1.165) is 50.9 Å². The molecule has 1 amide bonds. The highest BCUT2D eigenvalue weighted by Crippen LogP contribution is 2.33. The second-order valence-electron chi connectivity index (χ2n) is 6.01. The zero-order chi connectivity index (χ0) is 14.2. The van der Waals surface area contributed by atoms with Gasteiger partial charge in [-0.3, -0.25) is 9.89 Å². The monoisotopic (exact) mass is 301 g/mol. The second kappa shape index (κ2) is 5.30. The molecule has 1 fully saturated rings. The number of thiophene rings is 1. The van der Waals surface area contributed by atoms with Gasteiger partial charge in [0.1, 0.15) is 0 Å². The molecule has 2 aromatic rings. The predicted molar refractivity (Wildman–Crippen MR) is 83.2 cm³/mol. The van der Waals surface area contributed by atoms with Gasteiger partial charge in [0.2, 0.25) is 5.91 Å². The Kier molecular flexibility index (Phi) is 3.30. The number of aromatic nitrogens is 2. The fourth-order valence-corrected chi connectivity index (χ4v) is 4.18. The third-order valence-electron chi connectivity index (χ3n) is 4.71. The molecule has 21 heavy (non-hydrogen) atoms. The maximum atomic E-state index is 12.6. The molecule has 2 aliphatic rings. The van der Waals surface area contributed by atoms with E-state index < -0.39 is 0 Å². The van der Waals surface area contributed by atoms with E-state index in [0.29, 0.717) is 5.91 Å². The number of aromatic amines is 1. The molecule has 2 aromatic heterocycles. The van der Waals surface area contributed by atoms with Gasteiger partial charge in [0.15, 0.2) is 0 Å². The van der Waals surface area contributed by atoms with Crippen molar-refractivity contribution in [2.45, 2.75) is 32.1 Å². The van der Waals surface area contributed by atoms with Crippen LogP contribution < -0.4 is 0 Å². The van der Waals surface area contributed by atoms with Crippen LogP contribution >= 0.6 is 11.3 Å². The molecular weight excluding hydrogens is 282 g/mol. The van der Waals surface area contributed by atoms with Crippen molar-refractivity contribution in [1.82, 2.24) is 15.1 Å². The third-order valence-corrected chi connectivity index (χ3v) is 5.39. The van der Waals surface area contributed by atoms with Crippen molar-refractivity contribution in [2.75, 3.05) is 13.1 Å². The number of hydrogen-bond acceptors (Lipinski definition) is 3. The van der Waals surface area contributed by atoms with E-state index in [1.54, 1.807) is 11.3 Å². The molecule has 0 bridgehead atoms. The van der Waals surface area contributed by atoms with Crippen molar-refractivity contribution in [2.24, 2.45) is 5.92 Å². The highest BCUT2D eigenvalue weighted by Gasteiger charge is 2.32. The number of nitrogens with one attached hydrogen (secondary N) is 1. The topological polar surface area (TPSA) is 49.0 Å². The first-order valence-electron chi connectivity index (χ1n) is 7.70. The lowest BCUT2D eigenvalue weighted by molar-refractivity contribution is -0.134. The van der Waals surface area contributed by atoms with Crippen LogP contribution in [0.4, 0.5) is 0 Å². The van der Waals surface area contributed by atoms with Crippen molar-refractivity contribution in [3.8, 4) is 11.3 Å². The molecular formula is C16H19N3OS. The first-order chi connectivity index (χ1) is 10.3. The summed E-state index contributed by atoms with van der Waals surface area (Å²) >= 11 is 1.69. The molecule has 1 atom stereocenters. The molecule has 1 saturated heterocycles. The largest absolute Gasteiger partial charge is 0.342 e. The molecule has 4 rings (SSSR count). The molecule has 1 N–H and O–H groups in total. The van der Waals surface area contributed by atoms with E-state index in [2.05, 4.69) is 31.9 Å². The molecule has 5 heteroatoms. The number of carbonyl (C=O) groups is 1. The van der Waals surface area contributed by atoms with Crippen molar-refractivity contribution >= 4 is 17.2 Å². The average molecular weight is 301 g/mol. The second-order valence-corrected chi connectivity index (χ2v) is 6.79. The van der Waals surface area contributed by atoms with Gasteiger partial charge in [-0.25, -0.2) is 0 Å². The van der Waals surface area contributed by atoms with Gasteiger partial charge in [-0.05, 0) is 43.6 Å². The number of hydrogen-bond donors (Lipinski definition) is 1. The molecule has 0 spiro atoms. The number of amides is 1. The normalized spacial score (nSPS) is 21.5. The van der Waals surface area contributed by atoms with Gasteiger partial charge in [0.05, 0.1) is 5.69 Å². The lowest BCUT2D eigenvalue weighted by Crippen LogP contribution is -2.36. The van der Waals surface area contributed by atoms with E-state index >= 15 is 0 Å². The summed E-state index contributed by atoms with van der Waals surface area (Å²) < 4.78 is 0. The number of likely N-dealkylation sites (tertiary alicyclic amines) is 1. The number of aryl methyl sites for hydroxylation is 1. The minimum Gasteiger partial charge on any atom is -0.342 e. The van der Waals surface area contributed by atoms with Crippen molar-refractivity contribution in [3.05, 3.63) is 28.1 Å². The van der Waals surface area contributed by atoms with Gasteiger partial charge < -0.3 is 4.90 Å². The summed E-state index contributed by atoms with van der Waals surface area (Å²) in [5.41, 5.74) is 4.70. The van der Waals surface area contributed by atoms with Gasteiger partial charge in [-0.1, -0.05) is 0 Å². The van der Waals surface area contributed by atoms with Crippen LogP contribution in [0, 0.1) is 5.92 Å². The summed E-state index contributed by atoms with van der Waals surface area (Å²) in [5.74, 6) is 0.501. The number of nitrogens with zero attached hydrogens (tertiary/aromatic N) is 2. The number of carbonyl (C=O) groups excluding carboxylic acids is 1. The van der Waals surface area contributed by atoms with E-state index in [1.807, 2.05) is 0 Å². The smallest absolute Gasteiger partial charge is 0.226 e. The zero-order valence-corrected chi connectivity index (χ0v) is 12.8. The Morgan fingerprint density at radius 3 is 3.00 bits per heavy atom. The van der Waals surface area contributed by atoms with Crippen LogP contribution in [-0.4, -0.2) is 34.1 Å². The highest BCUT2D eigenvalue weighted by molar-refractivity contribution is 7.08. The maximum Gasteiger partial charge on any atom is 0.226 e. The molecule has 0 radical (unpaired) electrons. The van der Waals surface area contributed by atoms with Gasteiger partial charge >= 0.3 is 0 Å². The Morgan fingerprint density at radius 1 is 1.38 bits per heavy atom. The lowest BCUT2D eigenvalue weighted by Gasteiger charge is -2.26. The lowest BCUT2D eigenvalue weighted by atomic mass is 9.85. The quantitative estimate of drug-likeness (QED) is 0.927. The van der Waals surface area contributed by atoms with E-state index in [-0.39, 0.29) is 5.92 Å². The number of rotatable bonds is 2. The molecule has 0 aromatic carbocycles. The Balaban J connectivity index is 1.59. The Bertz CT molecular complexity index is 641. The zero-order valence-electron chi connectivity index (χ0n) is 12.0. The minimum atomic E-state index is 0.144. The Morgan fingerprint density at radius 2 is 2.24 bits per heavy atom. The summed E-state index contributed by atoms with van der Waals surface area (Å²) in [6.45, 7) is 1.90.